The second kappa shape index (κ2) is 9.71. The van der Waals surface area contributed by atoms with Crippen LogP contribution >= 0.6 is 12.4 Å². The van der Waals surface area contributed by atoms with Gasteiger partial charge < -0.3 is 15.6 Å². The molecule has 1 aromatic rings. The van der Waals surface area contributed by atoms with Gasteiger partial charge in [0.1, 0.15) is 5.75 Å². The van der Waals surface area contributed by atoms with E-state index >= 15 is 0 Å². The number of aromatic hydroxyl groups is 1. The zero-order valence-corrected chi connectivity index (χ0v) is 19.3. The van der Waals surface area contributed by atoms with E-state index in [0.717, 1.165) is 48.8 Å². The average molecular weight is 460 g/mol. The van der Waals surface area contributed by atoms with E-state index in [0.29, 0.717) is 44.9 Å². The number of hydrogen-bond donors (Lipinski definition) is 2. The lowest BCUT2D eigenvalue weighted by molar-refractivity contribution is -0.0614. The number of benzene rings is 1. The molecule has 0 amide bonds. The predicted molar refractivity (Wildman–Crippen MR) is 119 cm³/mol. The van der Waals surface area contributed by atoms with E-state index in [1.54, 1.807) is 8.61 Å². The molecule has 2 atom stereocenters. The van der Waals surface area contributed by atoms with Gasteiger partial charge in [-0.15, -0.1) is 12.4 Å². The molecule has 0 unspecified atom stereocenters. The van der Waals surface area contributed by atoms with Gasteiger partial charge >= 0.3 is 0 Å². The molecule has 3 aliphatic rings. The highest BCUT2D eigenvalue weighted by molar-refractivity contribution is 7.86. The van der Waals surface area contributed by atoms with E-state index in [-0.39, 0.29) is 30.5 Å². The zero-order chi connectivity index (χ0) is 20.6. The van der Waals surface area contributed by atoms with Gasteiger partial charge in [0.25, 0.3) is 10.2 Å². The molecule has 9 heteroatoms. The molecule has 3 N–H and O–H groups in total. The van der Waals surface area contributed by atoms with Crippen molar-refractivity contribution in [2.75, 3.05) is 32.7 Å². The number of nitrogens with zero attached hydrogens (tertiary/aromatic N) is 2. The van der Waals surface area contributed by atoms with Gasteiger partial charge in [-0.25, -0.2) is 0 Å². The van der Waals surface area contributed by atoms with E-state index in [9.17, 15) is 13.5 Å². The quantitative estimate of drug-likeness (QED) is 0.721. The Hall–Kier alpha value is -0.900. The SMILES string of the molecule is Cc1ccc2c(c1O)C[C@@H](C1CCN(S(=O)(=O)N3CCCCC3)CC1)O[C@H]2CN.Cl. The first-order valence-corrected chi connectivity index (χ1v) is 12.2. The van der Waals surface area contributed by atoms with Crippen molar-refractivity contribution >= 4 is 22.6 Å². The molecule has 2 fully saturated rings. The molecule has 4 rings (SSSR count). The summed E-state index contributed by atoms with van der Waals surface area (Å²) in [7, 11) is -3.35. The summed E-state index contributed by atoms with van der Waals surface area (Å²) >= 11 is 0. The first-order chi connectivity index (χ1) is 13.9. The largest absolute Gasteiger partial charge is 0.507 e. The minimum Gasteiger partial charge on any atom is -0.507 e. The molecule has 7 nitrogen and oxygen atoms in total. The Morgan fingerprint density at radius 3 is 2.37 bits per heavy atom. The van der Waals surface area contributed by atoms with Gasteiger partial charge in [0, 0.05) is 44.7 Å². The summed E-state index contributed by atoms with van der Waals surface area (Å²) in [6.07, 6.45) is 4.97. The van der Waals surface area contributed by atoms with Crippen LogP contribution in [0.1, 0.15) is 54.9 Å². The third-order valence-corrected chi connectivity index (χ3v) is 8.85. The number of piperidine rings is 2. The summed E-state index contributed by atoms with van der Waals surface area (Å²) in [6, 6.07) is 3.91. The lowest BCUT2D eigenvalue weighted by Crippen LogP contribution is -2.50. The van der Waals surface area contributed by atoms with Gasteiger partial charge in [-0.1, -0.05) is 18.6 Å². The Kier molecular flexibility index (Phi) is 7.69. The van der Waals surface area contributed by atoms with Gasteiger partial charge in [0.05, 0.1) is 12.2 Å². The molecule has 2 saturated heterocycles. The van der Waals surface area contributed by atoms with E-state index in [1.807, 2.05) is 19.1 Å². The molecule has 0 radical (unpaired) electrons. The van der Waals surface area contributed by atoms with Crippen molar-refractivity contribution in [1.29, 1.82) is 0 Å². The van der Waals surface area contributed by atoms with Gasteiger partial charge in [-0.3, -0.25) is 0 Å². The highest BCUT2D eigenvalue weighted by atomic mass is 35.5. The fourth-order valence-electron chi connectivity index (χ4n) is 5.02. The lowest BCUT2D eigenvalue weighted by atomic mass is 9.83. The molecule has 0 aromatic heterocycles. The highest BCUT2D eigenvalue weighted by Gasteiger charge is 2.39. The van der Waals surface area contributed by atoms with Crippen LogP contribution in [0.5, 0.6) is 5.75 Å². The number of fused-ring (bicyclic) bond motifs is 1. The van der Waals surface area contributed by atoms with Crippen LogP contribution in [0.2, 0.25) is 0 Å². The third kappa shape index (κ3) is 4.49. The Balaban J connectivity index is 0.00000256. The Labute approximate surface area is 186 Å². The van der Waals surface area contributed by atoms with Crippen molar-refractivity contribution in [2.24, 2.45) is 11.7 Å². The van der Waals surface area contributed by atoms with Crippen molar-refractivity contribution in [3.05, 3.63) is 28.8 Å². The number of aryl methyl sites for hydroxylation is 1. The third-order valence-electron chi connectivity index (χ3n) is 6.82. The number of halogens is 1. The fourth-order valence-corrected chi connectivity index (χ4v) is 6.73. The smallest absolute Gasteiger partial charge is 0.281 e. The van der Waals surface area contributed by atoms with Gasteiger partial charge in [0.2, 0.25) is 0 Å². The minimum atomic E-state index is -3.35. The highest BCUT2D eigenvalue weighted by Crippen LogP contribution is 2.40. The molecule has 3 heterocycles. The first kappa shape index (κ1) is 23.8. The van der Waals surface area contributed by atoms with Gasteiger partial charge in [0.15, 0.2) is 0 Å². The number of phenolic OH excluding ortho intramolecular Hbond substituents is 1. The molecule has 1 aromatic carbocycles. The maximum Gasteiger partial charge on any atom is 0.281 e. The summed E-state index contributed by atoms with van der Waals surface area (Å²) in [5.41, 5.74) is 8.75. The van der Waals surface area contributed by atoms with E-state index in [4.69, 9.17) is 10.5 Å². The summed E-state index contributed by atoms with van der Waals surface area (Å²) in [6.45, 7) is 4.62. The molecule has 30 heavy (non-hydrogen) atoms. The second-order valence-corrected chi connectivity index (χ2v) is 10.5. The zero-order valence-electron chi connectivity index (χ0n) is 17.6. The Bertz CT molecular complexity index is 837. The average Bonchev–Trinajstić information content (AvgIpc) is 2.76. The van der Waals surface area contributed by atoms with Crippen LogP contribution in [0.15, 0.2) is 12.1 Å². The minimum absolute atomic E-state index is 0. The topological polar surface area (TPSA) is 96.1 Å². The van der Waals surface area contributed by atoms with Crippen LogP contribution < -0.4 is 5.73 Å². The van der Waals surface area contributed by atoms with Crippen LogP contribution in [0.4, 0.5) is 0 Å². The molecule has 0 aliphatic carbocycles. The maximum atomic E-state index is 12.9. The molecular formula is C21H34ClN3O4S. The number of phenols is 1. The molecule has 0 bridgehead atoms. The second-order valence-electron chi connectivity index (χ2n) is 8.61. The van der Waals surface area contributed by atoms with Gasteiger partial charge in [-0.2, -0.15) is 17.0 Å². The fraction of sp³-hybridized carbons (Fsp3) is 0.714. The van der Waals surface area contributed by atoms with Crippen molar-refractivity contribution in [3.63, 3.8) is 0 Å². The Morgan fingerprint density at radius 1 is 1.10 bits per heavy atom. The number of rotatable bonds is 4. The summed E-state index contributed by atoms with van der Waals surface area (Å²) in [5.74, 6) is 0.615. The number of nitrogens with two attached hydrogens (primary N) is 1. The van der Waals surface area contributed by atoms with Crippen molar-refractivity contribution < 1.29 is 18.3 Å². The normalized spacial score (nSPS) is 26.7. The van der Waals surface area contributed by atoms with E-state index in [2.05, 4.69) is 0 Å². The van der Waals surface area contributed by atoms with Crippen molar-refractivity contribution in [1.82, 2.24) is 8.61 Å². The van der Waals surface area contributed by atoms with E-state index < -0.39 is 10.2 Å². The first-order valence-electron chi connectivity index (χ1n) is 10.8. The summed E-state index contributed by atoms with van der Waals surface area (Å²) < 4.78 is 35.5. The number of hydrogen-bond acceptors (Lipinski definition) is 5. The number of ether oxygens (including phenoxy) is 1. The molecule has 170 valence electrons. The molecular weight excluding hydrogens is 426 g/mol. The summed E-state index contributed by atoms with van der Waals surface area (Å²) in [4.78, 5) is 0. The lowest BCUT2D eigenvalue weighted by Gasteiger charge is -2.41. The van der Waals surface area contributed by atoms with E-state index in [1.165, 1.54) is 0 Å². The van der Waals surface area contributed by atoms with Crippen molar-refractivity contribution in [2.45, 2.75) is 57.7 Å². The molecule has 3 aliphatic heterocycles. The van der Waals surface area contributed by atoms with Gasteiger partial charge in [-0.05, 0) is 49.7 Å². The van der Waals surface area contributed by atoms with Crippen LogP contribution in [0, 0.1) is 12.8 Å². The van der Waals surface area contributed by atoms with Crippen molar-refractivity contribution in [3.8, 4) is 5.75 Å². The monoisotopic (exact) mass is 459 g/mol. The predicted octanol–water partition coefficient (Wildman–Crippen LogP) is 2.51. The summed E-state index contributed by atoms with van der Waals surface area (Å²) in [5, 5.41) is 10.6. The van der Waals surface area contributed by atoms with Crippen LogP contribution in [-0.4, -0.2) is 61.0 Å². The standard InChI is InChI=1S/C21H33N3O4S.ClH/c1-15-5-6-17-18(21(15)25)13-19(28-20(17)14-22)16-7-11-24(12-8-16)29(26,27)23-9-3-2-4-10-23;/h5-6,16,19-20,25H,2-4,7-14,22H2,1H3;1H/t19-,20-;/m0./s1. The molecule has 0 saturated carbocycles. The maximum absolute atomic E-state index is 12.9. The van der Waals surface area contributed by atoms with Crippen LogP contribution in [0.3, 0.4) is 0 Å². The van der Waals surface area contributed by atoms with Crippen LogP contribution in [-0.2, 0) is 21.4 Å². The van der Waals surface area contributed by atoms with Crippen LogP contribution in [0.25, 0.3) is 0 Å². The molecule has 0 spiro atoms. The Morgan fingerprint density at radius 2 is 1.73 bits per heavy atom.